The van der Waals surface area contributed by atoms with Crippen molar-refractivity contribution in [1.29, 1.82) is 0 Å². The van der Waals surface area contributed by atoms with Gasteiger partial charge in [0.1, 0.15) is 5.15 Å². The summed E-state index contributed by atoms with van der Waals surface area (Å²) in [5.74, 6) is -1.21. The summed E-state index contributed by atoms with van der Waals surface area (Å²) in [5.41, 5.74) is 1.52. The first-order chi connectivity index (χ1) is 7.49. The Morgan fingerprint density at radius 1 is 1.38 bits per heavy atom. The Bertz CT molecular complexity index is 451. The number of rotatable bonds is 1. The van der Waals surface area contributed by atoms with Crippen LogP contribution in [0.5, 0.6) is 0 Å². The Kier molecular flexibility index (Phi) is 2.71. The van der Waals surface area contributed by atoms with Gasteiger partial charge in [-0.15, -0.1) is 0 Å². The van der Waals surface area contributed by atoms with Crippen LogP contribution in [0, 0.1) is 6.92 Å². The molecule has 1 aromatic heterocycles. The van der Waals surface area contributed by atoms with E-state index < -0.39 is 11.9 Å². The van der Waals surface area contributed by atoms with Gasteiger partial charge in [0, 0.05) is 18.5 Å². The van der Waals surface area contributed by atoms with Crippen molar-refractivity contribution in [2.24, 2.45) is 7.05 Å². The van der Waals surface area contributed by atoms with E-state index in [1.165, 1.54) is 4.68 Å². The third kappa shape index (κ3) is 1.82. The number of esters is 2. The number of nitrogens with zero attached hydrogens (tertiary/aromatic N) is 2. The van der Waals surface area contributed by atoms with Crippen LogP contribution in [0.2, 0.25) is 5.15 Å². The molecule has 6 heteroatoms. The minimum absolute atomic E-state index is 0.179. The molecule has 1 aliphatic rings. The lowest BCUT2D eigenvalue weighted by Gasteiger charge is -2.19. The highest BCUT2D eigenvalue weighted by molar-refractivity contribution is 6.30. The van der Waals surface area contributed by atoms with Crippen molar-refractivity contribution in [1.82, 2.24) is 9.78 Å². The highest BCUT2D eigenvalue weighted by Crippen LogP contribution is 2.34. The van der Waals surface area contributed by atoms with Crippen LogP contribution in [0.3, 0.4) is 0 Å². The second-order valence-electron chi connectivity index (χ2n) is 3.86. The topological polar surface area (TPSA) is 61.2 Å². The van der Waals surface area contributed by atoms with Crippen LogP contribution < -0.4 is 0 Å². The van der Waals surface area contributed by atoms with Gasteiger partial charge in [-0.05, 0) is 6.92 Å². The molecule has 0 aromatic carbocycles. The molecule has 2 heterocycles. The standard InChI is InChI=1S/C10H11ClN2O3/c1-5-9(10(11)13(2)12-5)6-3-7(14)16-8(15)4-6/h6H,3-4H2,1-2H3. The molecular formula is C10H11ClN2O3. The maximum Gasteiger partial charge on any atom is 0.314 e. The maximum absolute atomic E-state index is 11.2. The molecule has 1 aliphatic heterocycles. The van der Waals surface area contributed by atoms with Crippen molar-refractivity contribution >= 4 is 23.5 Å². The number of hydrogen-bond acceptors (Lipinski definition) is 4. The first-order valence-corrected chi connectivity index (χ1v) is 5.29. The minimum Gasteiger partial charge on any atom is -0.393 e. The van der Waals surface area contributed by atoms with Gasteiger partial charge in [-0.3, -0.25) is 14.3 Å². The summed E-state index contributed by atoms with van der Waals surface area (Å²) >= 11 is 6.08. The zero-order valence-corrected chi connectivity index (χ0v) is 9.74. The summed E-state index contributed by atoms with van der Waals surface area (Å²) in [5, 5.41) is 4.63. The van der Waals surface area contributed by atoms with Crippen LogP contribution in [0.25, 0.3) is 0 Å². The lowest BCUT2D eigenvalue weighted by Crippen LogP contribution is -2.24. The smallest absolute Gasteiger partial charge is 0.314 e. The summed E-state index contributed by atoms with van der Waals surface area (Å²) in [6, 6.07) is 0. The van der Waals surface area contributed by atoms with Crippen molar-refractivity contribution in [3.8, 4) is 0 Å². The van der Waals surface area contributed by atoms with Gasteiger partial charge in [-0.25, -0.2) is 0 Å². The number of aryl methyl sites for hydroxylation is 2. The van der Waals surface area contributed by atoms with Gasteiger partial charge in [-0.2, -0.15) is 5.10 Å². The second kappa shape index (κ2) is 3.90. The molecule has 0 atom stereocenters. The Labute approximate surface area is 97.3 Å². The average Bonchev–Trinajstić information content (AvgIpc) is 2.39. The number of halogens is 1. The fourth-order valence-corrected chi connectivity index (χ4v) is 2.33. The molecule has 1 saturated heterocycles. The van der Waals surface area contributed by atoms with E-state index in [2.05, 4.69) is 9.84 Å². The van der Waals surface area contributed by atoms with E-state index in [-0.39, 0.29) is 18.8 Å². The predicted octanol–water partition coefficient (Wildman–Crippen LogP) is 1.33. The van der Waals surface area contributed by atoms with Gasteiger partial charge in [0.05, 0.1) is 18.5 Å². The Balaban J connectivity index is 2.36. The quantitative estimate of drug-likeness (QED) is 0.551. The average molecular weight is 243 g/mol. The van der Waals surface area contributed by atoms with Gasteiger partial charge >= 0.3 is 11.9 Å². The molecule has 0 unspecified atom stereocenters. The van der Waals surface area contributed by atoms with Crippen molar-refractivity contribution in [2.45, 2.75) is 25.7 Å². The largest absolute Gasteiger partial charge is 0.393 e. The molecule has 16 heavy (non-hydrogen) atoms. The van der Waals surface area contributed by atoms with E-state index in [0.29, 0.717) is 5.15 Å². The second-order valence-corrected chi connectivity index (χ2v) is 4.22. The van der Waals surface area contributed by atoms with Crippen LogP contribution >= 0.6 is 11.6 Å². The molecule has 2 rings (SSSR count). The summed E-state index contributed by atoms with van der Waals surface area (Å²) in [4.78, 5) is 22.3. The Morgan fingerprint density at radius 3 is 2.38 bits per heavy atom. The van der Waals surface area contributed by atoms with E-state index in [0.717, 1.165) is 11.3 Å². The molecule has 1 aromatic rings. The zero-order chi connectivity index (χ0) is 11.9. The highest BCUT2D eigenvalue weighted by atomic mass is 35.5. The maximum atomic E-state index is 11.2. The molecule has 0 spiro atoms. The Hall–Kier alpha value is -1.36. The van der Waals surface area contributed by atoms with E-state index in [1.54, 1.807) is 7.05 Å². The van der Waals surface area contributed by atoms with E-state index in [4.69, 9.17) is 11.6 Å². The van der Waals surface area contributed by atoms with Gasteiger partial charge in [0.25, 0.3) is 0 Å². The van der Waals surface area contributed by atoms with Gasteiger partial charge < -0.3 is 4.74 Å². The molecule has 5 nitrogen and oxygen atoms in total. The first-order valence-electron chi connectivity index (χ1n) is 4.91. The van der Waals surface area contributed by atoms with Gasteiger partial charge in [0.15, 0.2) is 0 Å². The van der Waals surface area contributed by atoms with Crippen LogP contribution in [0.15, 0.2) is 0 Å². The monoisotopic (exact) mass is 242 g/mol. The van der Waals surface area contributed by atoms with E-state index in [9.17, 15) is 9.59 Å². The predicted molar refractivity (Wildman–Crippen MR) is 56.0 cm³/mol. The van der Waals surface area contributed by atoms with Gasteiger partial charge in [-0.1, -0.05) is 11.6 Å². The molecule has 0 amide bonds. The molecule has 0 aliphatic carbocycles. The summed E-state index contributed by atoms with van der Waals surface area (Å²) in [6.07, 6.45) is 0.357. The molecular weight excluding hydrogens is 232 g/mol. The number of ether oxygens (including phenoxy) is 1. The van der Waals surface area contributed by atoms with Crippen molar-refractivity contribution in [3.05, 3.63) is 16.4 Å². The minimum atomic E-state index is -0.499. The number of cyclic esters (lactones) is 2. The summed E-state index contributed by atoms with van der Waals surface area (Å²) in [6.45, 7) is 1.81. The van der Waals surface area contributed by atoms with Crippen molar-refractivity contribution in [3.63, 3.8) is 0 Å². The van der Waals surface area contributed by atoms with Crippen molar-refractivity contribution < 1.29 is 14.3 Å². The summed E-state index contributed by atoms with van der Waals surface area (Å²) < 4.78 is 6.01. The molecule has 0 bridgehead atoms. The number of carbonyl (C=O) groups excluding carboxylic acids is 2. The number of carbonyl (C=O) groups is 2. The molecule has 0 radical (unpaired) electrons. The van der Waals surface area contributed by atoms with Gasteiger partial charge in [0.2, 0.25) is 0 Å². The third-order valence-electron chi connectivity index (χ3n) is 2.66. The molecule has 0 N–H and O–H groups in total. The van der Waals surface area contributed by atoms with E-state index in [1.807, 2.05) is 6.92 Å². The summed E-state index contributed by atoms with van der Waals surface area (Å²) in [7, 11) is 1.72. The first kappa shape index (κ1) is 11.1. The third-order valence-corrected chi connectivity index (χ3v) is 3.11. The molecule has 86 valence electrons. The van der Waals surface area contributed by atoms with Crippen LogP contribution in [0.1, 0.15) is 30.0 Å². The Morgan fingerprint density at radius 2 is 1.94 bits per heavy atom. The SMILES string of the molecule is Cc1nn(C)c(Cl)c1C1CC(=O)OC(=O)C1. The molecule has 1 fully saturated rings. The van der Waals surface area contributed by atoms with Crippen LogP contribution in [0.4, 0.5) is 0 Å². The lowest BCUT2D eigenvalue weighted by atomic mass is 9.91. The van der Waals surface area contributed by atoms with Crippen molar-refractivity contribution in [2.75, 3.05) is 0 Å². The van der Waals surface area contributed by atoms with Crippen LogP contribution in [-0.2, 0) is 21.4 Å². The highest BCUT2D eigenvalue weighted by Gasteiger charge is 2.32. The van der Waals surface area contributed by atoms with E-state index >= 15 is 0 Å². The number of hydrogen-bond donors (Lipinski definition) is 0. The fraction of sp³-hybridized carbons (Fsp3) is 0.500. The lowest BCUT2D eigenvalue weighted by molar-refractivity contribution is -0.163. The fourth-order valence-electron chi connectivity index (χ4n) is 2.00. The number of aromatic nitrogens is 2. The zero-order valence-electron chi connectivity index (χ0n) is 8.99. The normalized spacial score (nSPS) is 17.7. The van der Waals surface area contributed by atoms with Crippen LogP contribution in [-0.4, -0.2) is 21.7 Å². The molecule has 0 saturated carbocycles.